The predicted octanol–water partition coefficient (Wildman–Crippen LogP) is 2.07. The van der Waals surface area contributed by atoms with Gasteiger partial charge in [0, 0.05) is 12.3 Å². The van der Waals surface area contributed by atoms with Crippen molar-refractivity contribution in [2.45, 2.75) is 0 Å². The molecule has 108 valence electrons. The van der Waals surface area contributed by atoms with Gasteiger partial charge in [-0.3, -0.25) is 20.5 Å². The molecule has 0 bridgehead atoms. The highest BCUT2D eigenvalue weighted by atomic mass is 16.6. The molecule has 8 heteroatoms. The van der Waals surface area contributed by atoms with Crippen LogP contribution in [0.25, 0.3) is 0 Å². The summed E-state index contributed by atoms with van der Waals surface area (Å²) in [6.07, 6.45) is 2.88. The summed E-state index contributed by atoms with van der Waals surface area (Å²) in [5, 5.41) is 18.2. The Morgan fingerprint density at radius 3 is 2.71 bits per heavy atom. The van der Waals surface area contributed by atoms with Crippen LogP contribution in [0.4, 0.5) is 5.69 Å². The molecule has 0 radical (unpaired) electrons. The Labute approximate surface area is 119 Å². The van der Waals surface area contributed by atoms with Gasteiger partial charge in [0.15, 0.2) is 17.2 Å². The van der Waals surface area contributed by atoms with E-state index in [0.29, 0.717) is 5.56 Å². The van der Waals surface area contributed by atoms with Crippen molar-refractivity contribution >= 4 is 11.5 Å². The Morgan fingerprint density at radius 2 is 2.10 bits per heavy atom. The van der Waals surface area contributed by atoms with E-state index in [1.54, 1.807) is 0 Å². The highest BCUT2D eigenvalue weighted by Gasteiger charge is 2.15. The zero-order chi connectivity index (χ0) is 15.4. The molecule has 0 aliphatic carbocycles. The molecule has 0 atom stereocenters. The van der Waals surface area contributed by atoms with Crippen LogP contribution in [-0.4, -0.2) is 22.9 Å². The van der Waals surface area contributed by atoms with Gasteiger partial charge in [-0.25, -0.2) is 0 Å². The largest absolute Gasteiger partial charge is 0.493 e. The van der Waals surface area contributed by atoms with Crippen LogP contribution in [-0.2, 0) is 0 Å². The van der Waals surface area contributed by atoms with E-state index in [9.17, 15) is 10.1 Å². The van der Waals surface area contributed by atoms with E-state index in [2.05, 4.69) is 4.98 Å². The SMILES string of the molecule is COc1cc([N+](=O)[O-])ccc1Oc1cnccc1C(=N)N. The molecule has 1 aromatic heterocycles. The van der Waals surface area contributed by atoms with Gasteiger partial charge in [-0.15, -0.1) is 0 Å². The van der Waals surface area contributed by atoms with Gasteiger partial charge in [-0.05, 0) is 12.1 Å². The van der Waals surface area contributed by atoms with Gasteiger partial charge in [0.25, 0.3) is 5.69 Å². The molecule has 0 unspecified atom stereocenters. The third-order valence-corrected chi connectivity index (χ3v) is 2.65. The summed E-state index contributed by atoms with van der Waals surface area (Å²) in [4.78, 5) is 14.1. The van der Waals surface area contributed by atoms with E-state index in [0.717, 1.165) is 0 Å². The molecule has 21 heavy (non-hydrogen) atoms. The highest BCUT2D eigenvalue weighted by Crippen LogP contribution is 2.35. The molecule has 0 saturated carbocycles. The zero-order valence-corrected chi connectivity index (χ0v) is 11.1. The lowest BCUT2D eigenvalue weighted by Crippen LogP contribution is -2.12. The Kier molecular flexibility index (Phi) is 3.98. The molecule has 0 saturated heterocycles. The molecular weight excluding hydrogens is 276 g/mol. The normalized spacial score (nSPS) is 9.95. The second-order valence-electron chi connectivity index (χ2n) is 3.98. The topological polar surface area (TPSA) is 124 Å². The smallest absolute Gasteiger partial charge is 0.273 e. The van der Waals surface area contributed by atoms with Gasteiger partial charge in [0.05, 0.1) is 29.9 Å². The quantitative estimate of drug-likeness (QED) is 0.375. The van der Waals surface area contributed by atoms with Crippen molar-refractivity contribution in [1.82, 2.24) is 4.98 Å². The number of benzene rings is 1. The molecule has 0 amide bonds. The fraction of sp³-hybridized carbons (Fsp3) is 0.0769. The molecule has 0 aliphatic rings. The third kappa shape index (κ3) is 3.06. The fourth-order valence-electron chi connectivity index (χ4n) is 1.66. The number of nitrogens with two attached hydrogens (primary N) is 1. The van der Waals surface area contributed by atoms with Crippen LogP contribution in [0.3, 0.4) is 0 Å². The van der Waals surface area contributed by atoms with Gasteiger partial charge in [0.2, 0.25) is 0 Å². The number of methoxy groups -OCH3 is 1. The minimum Gasteiger partial charge on any atom is -0.493 e. The number of nitrogens with zero attached hydrogens (tertiary/aromatic N) is 2. The van der Waals surface area contributed by atoms with Crippen LogP contribution in [0.2, 0.25) is 0 Å². The summed E-state index contributed by atoms with van der Waals surface area (Å²) in [6, 6.07) is 5.49. The summed E-state index contributed by atoms with van der Waals surface area (Å²) >= 11 is 0. The maximum atomic E-state index is 10.7. The number of amidine groups is 1. The first-order valence-corrected chi connectivity index (χ1v) is 5.81. The molecule has 3 N–H and O–H groups in total. The minimum absolute atomic E-state index is 0.114. The Hall–Kier alpha value is -3.16. The summed E-state index contributed by atoms with van der Waals surface area (Å²) < 4.78 is 10.7. The first-order valence-electron chi connectivity index (χ1n) is 5.81. The minimum atomic E-state index is -0.530. The van der Waals surface area contributed by atoms with Crippen LogP contribution in [0.15, 0.2) is 36.7 Å². The number of nitro groups is 1. The monoisotopic (exact) mass is 288 g/mol. The number of nitrogens with one attached hydrogen (secondary N) is 1. The molecule has 1 heterocycles. The second-order valence-corrected chi connectivity index (χ2v) is 3.98. The standard InChI is InChI=1S/C13H12N4O4/c1-20-11-6-8(17(18)19)2-3-10(11)21-12-7-16-5-4-9(12)13(14)15/h2-7H,1H3,(H3,14,15). The molecule has 0 aliphatic heterocycles. The number of nitrogen functional groups attached to an aromatic ring is 1. The number of hydrogen-bond acceptors (Lipinski definition) is 6. The number of non-ortho nitro benzene ring substituents is 1. The van der Waals surface area contributed by atoms with E-state index in [4.69, 9.17) is 20.6 Å². The average molecular weight is 288 g/mol. The molecule has 8 nitrogen and oxygen atoms in total. The first kappa shape index (κ1) is 14.3. The van der Waals surface area contributed by atoms with E-state index in [1.807, 2.05) is 0 Å². The summed E-state index contributed by atoms with van der Waals surface area (Å²) in [5.41, 5.74) is 5.71. The maximum Gasteiger partial charge on any atom is 0.273 e. The van der Waals surface area contributed by atoms with Gasteiger partial charge in [-0.2, -0.15) is 0 Å². The molecule has 2 aromatic rings. The van der Waals surface area contributed by atoms with E-state index < -0.39 is 4.92 Å². The molecule has 0 fully saturated rings. The maximum absolute atomic E-state index is 10.7. The van der Waals surface area contributed by atoms with E-state index >= 15 is 0 Å². The molecular formula is C13H12N4O4. The van der Waals surface area contributed by atoms with Gasteiger partial charge in [-0.1, -0.05) is 0 Å². The lowest BCUT2D eigenvalue weighted by atomic mass is 10.2. The van der Waals surface area contributed by atoms with E-state index in [-0.39, 0.29) is 28.8 Å². The first-order chi connectivity index (χ1) is 10.0. The summed E-state index contributed by atoms with van der Waals surface area (Å²) in [7, 11) is 1.38. The van der Waals surface area contributed by atoms with Crippen molar-refractivity contribution < 1.29 is 14.4 Å². The molecule has 2 rings (SSSR count). The van der Waals surface area contributed by atoms with Crippen molar-refractivity contribution in [3.05, 3.63) is 52.3 Å². The lowest BCUT2D eigenvalue weighted by Gasteiger charge is -2.12. The number of nitro benzene ring substituents is 1. The average Bonchev–Trinajstić information content (AvgIpc) is 2.47. The molecule has 1 aromatic carbocycles. The van der Waals surface area contributed by atoms with Crippen molar-refractivity contribution in [3.8, 4) is 17.2 Å². The van der Waals surface area contributed by atoms with Crippen LogP contribution in [0.5, 0.6) is 17.2 Å². The number of aromatic nitrogens is 1. The number of ether oxygens (including phenoxy) is 2. The second kappa shape index (κ2) is 5.87. The number of hydrogen-bond donors (Lipinski definition) is 2. The van der Waals surface area contributed by atoms with Crippen LogP contribution in [0.1, 0.15) is 5.56 Å². The van der Waals surface area contributed by atoms with Crippen molar-refractivity contribution in [3.63, 3.8) is 0 Å². The zero-order valence-electron chi connectivity index (χ0n) is 11.1. The Morgan fingerprint density at radius 1 is 1.33 bits per heavy atom. The van der Waals surface area contributed by atoms with Crippen LogP contribution < -0.4 is 15.2 Å². The highest BCUT2D eigenvalue weighted by molar-refractivity contribution is 5.97. The summed E-state index contributed by atoms with van der Waals surface area (Å²) in [5.74, 6) is 0.548. The van der Waals surface area contributed by atoms with Crippen molar-refractivity contribution in [1.29, 1.82) is 5.41 Å². The van der Waals surface area contributed by atoms with Crippen LogP contribution in [0, 0.1) is 15.5 Å². The van der Waals surface area contributed by atoms with E-state index in [1.165, 1.54) is 43.8 Å². The van der Waals surface area contributed by atoms with Crippen LogP contribution >= 0.6 is 0 Å². The Balaban J connectivity index is 2.40. The summed E-state index contributed by atoms with van der Waals surface area (Å²) in [6.45, 7) is 0. The predicted molar refractivity (Wildman–Crippen MR) is 75.0 cm³/mol. The lowest BCUT2D eigenvalue weighted by molar-refractivity contribution is -0.384. The van der Waals surface area contributed by atoms with Crippen molar-refractivity contribution in [2.24, 2.45) is 5.73 Å². The fourth-order valence-corrected chi connectivity index (χ4v) is 1.66. The number of pyridine rings is 1. The van der Waals surface area contributed by atoms with Gasteiger partial charge < -0.3 is 15.2 Å². The third-order valence-electron chi connectivity index (χ3n) is 2.65. The molecule has 0 spiro atoms. The van der Waals surface area contributed by atoms with Gasteiger partial charge >= 0.3 is 0 Å². The Bertz CT molecular complexity index is 702. The van der Waals surface area contributed by atoms with Crippen molar-refractivity contribution in [2.75, 3.05) is 7.11 Å². The van der Waals surface area contributed by atoms with Gasteiger partial charge in [0.1, 0.15) is 5.84 Å². The number of rotatable bonds is 5.